The third kappa shape index (κ3) is 4.00. The first-order valence-electron chi connectivity index (χ1n) is 10.7. The van der Waals surface area contributed by atoms with Crippen molar-refractivity contribution in [2.75, 3.05) is 11.4 Å². The molecular formula is C24H23F2N5O2. The smallest absolute Gasteiger partial charge is 0.387 e. The van der Waals surface area contributed by atoms with Crippen LogP contribution >= 0.6 is 0 Å². The highest BCUT2D eigenvalue weighted by molar-refractivity contribution is 5.74. The largest absolute Gasteiger partial charge is 0.433 e. The van der Waals surface area contributed by atoms with Gasteiger partial charge in [0.2, 0.25) is 0 Å². The van der Waals surface area contributed by atoms with Crippen molar-refractivity contribution in [2.24, 2.45) is 0 Å². The molecule has 0 fully saturated rings. The second-order valence-electron chi connectivity index (χ2n) is 8.48. The Morgan fingerprint density at radius 1 is 1.06 bits per heavy atom. The molecule has 0 saturated heterocycles. The van der Waals surface area contributed by atoms with E-state index in [1.54, 1.807) is 50.5 Å². The van der Waals surface area contributed by atoms with Crippen molar-refractivity contribution in [3.05, 3.63) is 66.5 Å². The van der Waals surface area contributed by atoms with Crippen LogP contribution in [0.5, 0.6) is 5.75 Å². The van der Waals surface area contributed by atoms with Crippen LogP contribution in [-0.2, 0) is 12.0 Å². The molecule has 0 spiro atoms. The Kier molecular flexibility index (Phi) is 5.20. The zero-order valence-electron chi connectivity index (χ0n) is 18.2. The lowest BCUT2D eigenvalue weighted by Crippen LogP contribution is -2.26. The molecule has 4 heterocycles. The Morgan fingerprint density at radius 3 is 2.55 bits per heavy atom. The van der Waals surface area contributed by atoms with Crippen LogP contribution in [0.25, 0.3) is 16.8 Å². The quantitative estimate of drug-likeness (QED) is 0.474. The van der Waals surface area contributed by atoms with Gasteiger partial charge in [-0.3, -0.25) is 4.40 Å². The van der Waals surface area contributed by atoms with E-state index >= 15 is 0 Å². The van der Waals surface area contributed by atoms with E-state index in [1.807, 2.05) is 27.6 Å². The Morgan fingerprint density at radius 2 is 1.82 bits per heavy atom. The zero-order valence-corrected chi connectivity index (χ0v) is 18.2. The summed E-state index contributed by atoms with van der Waals surface area (Å²) in [6.07, 6.45) is 6.93. The molecule has 0 amide bonds. The van der Waals surface area contributed by atoms with E-state index in [0.29, 0.717) is 18.1 Å². The first kappa shape index (κ1) is 21.3. The minimum absolute atomic E-state index is 0.127. The summed E-state index contributed by atoms with van der Waals surface area (Å²) in [5, 5.41) is 10.1. The highest BCUT2D eigenvalue weighted by atomic mass is 19.3. The van der Waals surface area contributed by atoms with E-state index in [4.69, 9.17) is 9.72 Å². The molecule has 170 valence electrons. The third-order valence-electron chi connectivity index (χ3n) is 5.62. The lowest BCUT2D eigenvalue weighted by atomic mass is 10.1. The number of fused-ring (bicyclic) bond motifs is 3. The van der Waals surface area contributed by atoms with Crippen molar-refractivity contribution in [2.45, 2.75) is 38.9 Å². The highest BCUT2D eigenvalue weighted by Gasteiger charge is 2.27. The lowest BCUT2D eigenvalue weighted by Gasteiger charge is -2.30. The number of alkyl halides is 2. The summed E-state index contributed by atoms with van der Waals surface area (Å²) in [6.45, 7) is 1.01. The van der Waals surface area contributed by atoms with Crippen molar-refractivity contribution >= 4 is 17.2 Å². The summed E-state index contributed by atoms with van der Waals surface area (Å²) in [4.78, 5) is 15.3. The molecule has 1 aliphatic heterocycles. The molecule has 0 saturated carbocycles. The maximum absolute atomic E-state index is 13.0. The number of aromatic nitrogens is 4. The van der Waals surface area contributed by atoms with E-state index < -0.39 is 12.2 Å². The van der Waals surface area contributed by atoms with Gasteiger partial charge in [-0.05, 0) is 51.0 Å². The number of imidazole rings is 1. The van der Waals surface area contributed by atoms with E-state index in [1.165, 1.54) is 0 Å². The number of benzene rings is 1. The van der Waals surface area contributed by atoms with Gasteiger partial charge in [-0.15, -0.1) is 0 Å². The number of para-hydroxylation sites is 2. The molecule has 1 aromatic carbocycles. The monoisotopic (exact) mass is 451 g/mol. The van der Waals surface area contributed by atoms with Gasteiger partial charge in [0.05, 0.1) is 11.4 Å². The summed E-state index contributed by atoms with van der Waals surface area (Å²) >= 11 is 0. The van der Waals surface area contributed by atoms with E-state index in [-0.39, 0.29) is 5.75 Å². The van der Waals surface area contributed by atoms with Crippen LogP contribution in [0.4, 0.5) is 20.3 Å². The van der Waals surface area contributed by atoms with Crippen LogP contribution in [-0.4, -0.2) is 37.6 Å². The molecule has 3 aromatic heterocycles. The fourth-order valence-corrected chi connectivity index (χ4v) is 4.12. The maximum atomic E-state index is 13.0. The predicted molar refractivity (Wildman–Crippen MR) is 120 cm³/mol. The molecule has 0 bridgehead atoms. The van der Waals surface area contributed by atoms with Gasteiger partial charge in [-0.25, -0.2) is 15.0 Å². The van der Waals surface area contributed by atoms with E-state index in [9.17, 15) is 13.9 Å². The third-order valence-corrected chi connectivity index (χ3v) is 5.62. The van der Waals surface area contributed by atoms with Crippen LogP contribution in [0, 0.1) is 0 Å². The Hall–Kier alpha value is -3.59. The summed E-state index contributed by atoms with van der Waals surface area (Å²) < 4.78 is 32.8. The van der Waals surface area contributed by atoms with Gasteiger partial charge in [0.1, 0.15) is 22.8 Å². The average Bonchev–Trinajstić information content (AvgIpc) is 3.17. The molecule has 1 aliphatic rings. The molecule has 4 aromatic rings. The van der Waals surface area contributed by atoms with E-state index in [0.717, 1.165) is 41.1 Å². The minimum Gasteiger partial charge on any atom is -0.433 e. The molecule has 5 rings (SSSR count). The second-order valence-corrected chi connectivity index (χ2v) is 8.48. The molecule has 0 atom stereocenters. The first-order chi connectivity index (χ1) is 15.8. The van der Waals surface area contributed by atoms with Gasteiger partial charge in [0, 0.05) is 36.3 Å². The standard InChI is InChI=1S/C24H23F2N5O2/c1-24(2,32)22-27-12-16(13-28-22)15-9-10-20-29-17-6-5-11-30(21(17)31(20)14-15)18-7-3-4-8-19(18)33-23(25)26/h3-4,7-10,12-14,23,32H,5-6,11H2,1-2H3. The molecule has 7 nitrogen and oxygen atoms in total. The molecule has 0 radical (unpaired) electrons. The molecule has 0 unspecified atom stereocenters. The SMILES string of the molecule is CC(C)(O)c1ncc(-c2ccc3nc4c(n3c2)N(c2ccccc2OC(F)F)CCC4)cn1. The Balaban J connectivity index is 1.60. The van der Waals surface area contributed by atoms with Crippen molar-refractivity contribution in [1.82, 2.24) is 19.4 Å². The van der Waals surface area contributed by atoms with Crippen LogP contribution in [0.2, 0.25) is 0 Å². The molecule has 33 heavy (non-hydrogen) atoms. The van der Waals surface area contributed by atoms with Gasteiger partial charge in [-0.1, -0.05) is 12.1 Å². The first-order valence-corrected chi connectivity index (χ1v) is 10.7. The van der Waals surface area contributed by atoms with E-state index in [2.05, 4.69) is 9.97 Å². The Bertz CT molecular complexity index is 1300. The number of aryl methyl sites for hydroxylation is 1. The number of hydrogen-bond acceptors (Lipinski definition) is 6. The van der Waals surface area contributed by atoms with Crippen LogP contribution in [0.1, 0.15) is 31.8 Å². The molecule has 1 N–H and O–H groups in total. The zero-order chi connectivity index (χ0) is 23.2. The average molecular weight is 451 g/mol. The number of rotatable bonds is 5. The van der Waals surface area contributed by atoms with Crippen molar-refractivity contribution in [3.8, 4) is 16.9 Å². The van der Waals surface area contributed by atoms with Gasteiger partial charge in [0.25, 0.3) is 0 Å². The summed E-state index contributed by atoms with van der Waals surface area (Å²) in [5.74, 6) is 1.30. The van der Waals surface area contributed by atoms with Gasteiger partial charge < -0.3 is 14.7 Å². The number of nitrogens with zero attached hydrogens (tertiary/aromatic N) is 5. The number of anilines is 2. The topological polar surface area (TPSA) is 75.8 Å². The fourth-order valence-electron chi connectivity index (χ4n) is 4.12. The maximum Gasteiger partial charge on any atom is 0.387 e. The summed E-state index contributed by atoms with van der Waals surface area (Å²) in [7, 11) is 0. The lowest BCUT2D eigenvalue weighted by molar-refractivity contribution is -0.0494. The minimum atomic E-state index is -2.91. The van der Waals surface area contributed by atoms with Crippen molar-refractivity contribution in [1.29, 1.82) is 0 Å². The fraction of sp³-hybridized carbons (Fsp3) is 0.292. The normalized spacial score (nSPS) is 14.1. The van der Waals surface area contributed by atoms with Gasteiger partial charge >= 0.3 is 6.61 Å². The Labute approximate surface area is 189 Å². The molecule has 9 heteroatoms. The number of aliphatic hydroxyl groups is 1. The van der Waals surface area contributed by atoms with Crippen LogP contribution in [0.3, 0.4) is 0 Å². The molecule has 0 aliphatic carbocycles. The summed E-state index contributed by atoms with van der Waals surface area (Å²) in [6, 6.07) is 10.7. The number of pyridine rings is 1. The van der Waals surface area contributed by atoms with Crippen molar-refractivity contribution < 1.29 is 18.6 Å². The van der Waals surface area contributed by atoms with Crippen LogP contribution < -0.4 is 9.64 Å². The summed E-state index contributed by atoms with van der Waals surface area (Å²) in [5.41, 5.74) is 2.77. The number of ether oxygens (including phenoxy) is 1. The highest BCUT2D eigenvalue weighted by Crippen LogP contribution is 2.39. The number of halogens is 2. The van der Waals surface area contributed by atoms with Gasteiger partial charge in [-0.2, -0.15) is 8.78 Å². The van der Waals surface area contributed by atoms with Crippen LogP contribution in [0.15, 0.2) is 55.0 Å². The second kappa shape index (κ2) is 8.08. The van der Waals surface area contributed by atoms with Gasteiger partial charge in [0.15, 0.2) is 5.82 Å². The predicted octanol–water partition coefficient (Wildman–Crippen LogP) is 4.70. The molecular weight excluding hydrogens is 428 g/mol. The number of hydrogen-bond donors (Lipinski definition) is 1. The van der Waals surface area contributed by atoms with Crippen molar-refractivity contribution in [3.63, 3.8) is 0 Å².